The zero-order chi connectivity index (χ0) is 17.6. The molecule has 0 radical (unpaired) electrons. The monoisotopic (exact) mass is 343 g/mol. The summed E-state index contributed by atoms with van der Waals surface area (Å²) in [6.45, 7) is 6.78. The van der Waals surface area contributed by atoms with Crippen molar-refractivity contribution < 1.29 is 9.59 Å². The number of nitrogens with zero attached hydrogens (tertiary/aromatic N) is 2. The number of carbonyl (C=O) groups excluding carboxylic acids is 2. The molecule has 3 rings (SSSR count). The van der Waals surface area contributed by atoms with Crippen LogP contribution in [0.4, 0.5) is 0 Å². The van der Waals surface area contributed by atoms with E-state index in [-0.39, 0.29) is 17.7 Å². The van der Waals surface area contributed by atoms with Crippen LogP contribution in [-0.4, -0.2) is 47.8 Å². The van der Waals surface area contributed by atoms with E-state index in [1.165, 1.54) is 37.1 Å². The quantitative estimate of drug-likeness (QED) is 0.891. The lowest BCUT2D eigenvalue weighted by Crippen LogP contribution is -2.44. The normalized spacial score (nSPS) is 21.3. The van der Waals surface area contributed by atoms with Crippen molar-refractivity contribution in [3.63, 3.8) is 0 Å². The van der Waals surface area contributed by atoms with Gasteiger partial charge in [0.1, 0.15) is 0 Å². The maximum atomic E-state index is 12.5. The molecule has 2 aliphatic heterocycles. The third-order valence-electron chi connectivity index (χ3n) is 5.40. The Labute approximate surface area is 150 Å². The Morgan fingerprint density at radius 3 is 2.52 bits per heavy atom. The van der Waals surface area contributed by atoms with E-state index in [1.54, 1.807) is 11.8 Å². The molecule has 2 heterocycles. The molecule has 5 heteroatoms. The lowest BCUT2D eigenvalue weighted by molar-refractivity contribution is -0.134. The van der Waals surface area contributed by atoms with Crippen LogP contribution in [-0.2, 0) is 22.7 Å². The summed E-state index contributed by atoms with van der Waals surface area (Å²) in [6, 6.07) is 8.38. The van der Waals surface area contributed by atoms with E-state index in [2.05, 4.69) is 28.4 Å². The molecule has 0 spiro atoms. The van der Waals surface area contributed by atoms with E-state index in [4.69, 9.17) is 0 Å². The highest BCUT2D eigenvalue weighted by Gasteiger charge is 2.26. The molecule has 25 heavy (non-hydrogen) atoms. The summed E-state index contributed by atoms with van der Waals surface area (Å²) >= 11 is 0. The largest absolute Gasteiger partial charge is 0.352 e. The van der Waals surface area contributed by atoms with Gasteiger partial charge in [-0.25, -0.2) is 0 Å². The minimum atomic E-state index is -0.0802. The molecule has 0 unspecified atom stereocenters. The lowest BCUT2D eigenvalue weighted by atomic mass is 9.97. The minimum Gasteiger partial charge on any atom is -0.352 e. The molecule has 1 aromatic carbocycles. The Balaban J connectivity index is 1.55. The van der Waals surface area contributed by atoms with Gasteiger partial charge in [-0.3, -0.25) is 14.5 Å². The molecule has 1 aromatic rings. The fourth-order valence-corrected chi connectivity index (χ4v) is 3.87. The molecule has 2 fully saturated rings. The van der Waals surface area contributed by atoms with Gasteiger partial charge in [0.05, 0.1) is 5.92 Å². The van der Waals surface area contributed by atoms with E-state index in [0.29, 0.717) is 13.1 Å². The van der Waals surface area contributed by atoms with Crippen molar-refractivity contribution in [3.05, 3.63) is 35.4 Å². The van der Waals surface area contributed by atoms with Crippen molar-refractivity contribution >= 4 is 11.8 Å². The fourth-order valence-electron chi connectivity index (χ4n) is 3.87. The predicted molar refractivity (Wildman–Crippen MR) is 97.8 cm³/mol. The van der Waals surface area contributed by atoms with Gasteiger partial charge in [-0.15, -0.1) is 0 Å². The van der Waals surface area contributed by atoms with Crippen LogP contribution in [0.3, 0.4) is 0 Å². The lowest BCUT2D eigenvalue weighted by Gasteiger charge is -2.31. The Bertz CT molecular complexity index is 611. The molecule has 5 nitrogen and oxygen atoms in total. The molecular formula is C20H29N3O2. The number of likely N-dealkylation sites (tertiary alicyclic amines) is 2. The van der Waals surface area contributed by atoms with Crippen LogP contribution >= 0.6 is 0 Å². The molecule has 2 amide bonds. The third kappa shape index (κ3) is 4.82. The summed E-state index contributed by atoms with van der Waals surface area (Å²) in [5.41, 5.74) is 2.50. The average molecular weight is 343 g/mol. The average Bonchev–Trinajstić information content (AvgIpc) is 3.14. The van der Waals surface area contributed by atoms with Gasteiger partial charge in [-0.05, 0) is 49.9 Å². The zero-order valence-electron chi connectivity index (χ0n) is 15.2. The van der Waals surface area contributed by atoms with Gasteiger partial charge >= 0.3 is 0 Å². The molecule has 0 aliphatic carbocycles. The van der Waals surface area contributed by atoms with Crippen LogP contribution in [0.5, 0.6) is 0 Å². The fraction of sp³-hybridized carbons (Fsp3) is 0.600. The van der Waals surface area contributed by atoms with Gasteiger partial charge in [0, 0.05) is 33.1 Å². The summed E-state index contributed by atoms with van der Waals surface area (Å²) in [4.78, 5) is 28.3. The Morgan fingerprint density at radius 2 is 1.80 bits per heavy atom. The second kappa shape index (κ2) is 8.48. The summed E-state index contributed by atoms with van der Waals surface area (Å²) in [7, 11) is 0. The van der Waals surface area contributed by atoms with Crippen molar-refractivity contribution in [1.29, 1.82) is 0 Å². The summed E-state index contributed by atoms with van der Waals surface area (Å²) in [6.07, 6.45) is 4.34. The third-order valence-corrected chi connectivity index (χ3v) is 5.40. The van der Waals surface area contributed by atoms with Crippen LogP contribution in [0.1, 0.15) is 43.7 Å². The maximum absolute atomic E-state index is 12.5. The molecule has 2 aliphatic rings. The molecule has 0 saturated carbocycles. The first-order valence-corrected chi connectivity index (χ1v) is 9.46. The Morgan fingerprint density at radius 1 is 1.08 bits per heavy atom. The smallest absolute Gasteiger partial charge is 0.225 e. The van der Waals surface area contributed by atoms with E-state index in [0.717, 1.165) is 25.9 Å². The van der Waals surface area contributed by atoms with Gasteiger partial charge in [0.15, 0.2) is 0 Å². The number of benzene rings is 1. The number of hydrogen-bond acceptors (Lipinski definition) is 3. The Hall–Kier alpha value is -1.88. The van der Waals surface area contributed by atoms with Crippen LogP contribution in [0.15, 0.2) is 24.3 Å². The highest BCUT2D eigenvalue weighted by atomic mass is 16.2. The SMILES string of the molecule is CC(=O)N1CCC[C@@H](C(=O)NCc2ccccc2CN2CCCC2)C1. The summed E-state index contributed by atoms with van der Waals surface area (Å²) < 4.78 is 0. The number of nitrogens with one attached hydrogen (secondary N) is 1. The van der Waals surface area contributed by atoms with E-state index < -0.39 is 0 Å². The topological polar surface area (TPSA) is 52.7 Å². The molecule has 0 aromatic heterocycles. The number of carbonyl (C=O) groups is 2. The molecule has 136 valence electrons. The molecule has 1 N–H and O–H groups in total. The van der Waals surface area contributed by atoms with Crippen LogP contribution in [0, 0.1) is 5.92 Å². The van der Waals surface area contributed by atoms with Gasteiger partial charge in [0.25, 0.3) is 0 Å². The van der Waals surface area contributed by atoms with E-state index in [1.807, 2.05) is 6.07 Å². The minimum absolute atomic E-state index is 0.0634. The van der Waals surface area contributed by atoms with Crippen molar-refractivity contribution in [2.75, 3.05) is 26.2 Å². The zero-order valence-corrected chi connectivity index (χ0v) is 15.2. The molecule has 2 saturated heterocycles. The predicted octanol–water partition coefficient (Wildman–Crippen LogP) is 2.16. The number of amides is 2. The summed E-state index contributed by atoms with van der Waals surface area (Å²) in [5.74, 6) is 0.0544. The number of piperidine rings is 1. The second-order valence-corrected chi connectivity index (χ2v) is 7.27. The van der Waals surface area contributed by atoms with Crippen molar-refractivity contribution in [3.8, 4) is 0 Å². The molecule has 1 atom stereocenters. The highest BCUT2D eigenvalue weighted by Crippen LogP contribution is 2.18. The first-order chi connectivity index (χ1) is 12.1. The number of rotatable bonds is 5. The standard InChI is InChI=1S/C20H29N3O2/c1-16(24)23-12-6-9-19(15-23)20(25)21-13-17-7-2-3-8-18(17)14-22-10-4-5-11-22/h2-3,7-8,19H,4-6,9-15H2,1H3,(H,21,25)/t19-/m1/s1. The van der Waals surface area contributed by atoms with Gasteiger partial charge in [-0.2, -0.15) is 0 Å². The molecule has 0 bridgehead atoms. The first-order valence-electron chi connectivity index (χ1n) is 9.46. The number of hydrogen-bond donors (Lipinski definition) is 1. The van der Waals surface area contributed by atoms with Gasteiger partial charge in [-0.1, -0.05) is 24.3 Å². The van der Waals surface area contributed by atoms with E-state index >= 15 is 0 Å². The summed E-state index contributed by atoms with van der Waals surface area (Å²) in [5, 5.41) is 3.10. The highest BCUT2D eigenvalue weighted by molar-refractivity contribution is 5.80. The van der Waals surface area contributed by atoms with Crippen LogP contribution in [0.25, 0.3) is 0 Å². The van der Waals surface area contributed by atoms with Gasteiger partial charge in [0.2, 0.25) is 11.8 Å². The molecular weight excluding hydrogens is 314 g/mol. The van der Waals surface area contributed by atoms with Crippen molar-refractivity contribution in [1.82, 2.24) is 15.1 Å². The first kappa shape index (κ1) is 17.9. The van der Waals surface area contributed by atoms with Crippen LogP contribution in [0.2, 0.25) is 0 Å². The van der Waals surface area contributed by atoms with E-state index in [9.17, 15) is 9.59 Å². The second-order valence-electron chi connectivity index (χ2n) is 7.27. The van der Waals surface area contributed by atoms with Crippen LogP contribution < -0.4 is 5.32 Å². The maximum Gasteiger partial charge on any atom is 0.225 e. The van der Waals surface area contributed by atoms with Crippen molar-refractivity contribution in [2.24, 2.45) is 5.92 Å². The van der Waals surface area contributed by atoms with Crippen molar-refractivity contribution in [2.45, 2.75) is 45.7 Å². The van der Waals surface area contributed by atoms with Gasteiger partial charge < -0.3 is 10.2 Å². The Kier molecular flexibility index (Phi) is 6.08.